The Morgan fingerprint density at radius 1 is 1.18 bits per heavy atom. The Morgan fingerprint density at radius 2 is 2.00 bits per heavy atom. The number of nitrogens with one attached hydrogen (secondary N) is 1. The van der Waals surface area contributed by atoms with Crippen molar-refractivity contribution in [2.24, 2.45) is 5.92 Å². The Bertz CT molecular complexity index is 2010. The van der Waals surface area contributed by atoms with Crippen molar-refractivity contribution < 1.29 is 46.7 Å². The van der Waals surface area contributed by atoms with E-state index in [2.05, 4.69) is 41.5 Å². The average Bonchev–Trinajstić information content (AvgIpc) is 3.31. The minimum atomic E-state index is -4.85. The third-order valence-electron chi connectivity index (χ3n) is 8.24. The van der Waals surface area contributed by atoms with E-state index in [4.69, 9.17) is 33.3 Å². The van der Waals surface area contributed by atoms with E-state index < -0.39 is 75.1 Å². The third kappa shape index (κ3) is 4.97. The van der Waals surface area contributed by atoms with E-state index in [0.29, 0.717) is 28.2 Å². The van der Waals surface area contributed by atoms with Crippen molar-refractivity contribution in [2.45, 2.75) is 55.7 Å². The molecule has 4 aromatic rings. The molecule has 1 saturated carbocycles. The van der Waals surface area contributed by atoms with E-state index in [1.165, 1.54) is 17.2 Å². The minimum absolute atomic E-state index is 0.0281. The summed E-state index contributed by atoms with van der Waals surface area (Å²) in [6.07, 6.45) is -4.58. The van der Waals surface area contributed by atoms with Crippen LogP contribution in [0, 0.1) is 12.8 Å². The number of aromatic amines is 1. The Balaban J connectivity index is 1.12. The summed E-state index contributed by atoms with van der Waals surface area (Å²) < 4.78 is 67.3. The zero-order chi connectivity index (χ0) is 31.5. The third-order valence-corrected chi connectivity index (χ3v) is 11.7. The van der Waals surface area contributed by atoms with Crippen LogP contribution >= 0.6 is 38.4 Å². The van der Waals surface area contributed by atoms with Crippen molar-refractivity contribution in [3.05, 3.63) is 33.7 Å². The van der Waals surface area contributed by atoms with Gasteiger partial charge in [0.1, 0.15) is 59.3 Å². The molecule has 10 atom stereocenters. The predicted octanol–water partition coefficient (Wildman–Crippen LogP) is 1.15. The lowest BCUT2D eigenvalue weighted by Crippen LogP contribution is -2.35. The molecule has 4 aromatic heterocycles. The molecule has 1 unspecified atom stereocenters. The van der Waals surface area contributed by atoms with Crippen molar-refractivity contribution >= 4 is 66.4 Å². The van der Waals surface area contributed by atoms with Gasteiger partial charge in [-0.05, 0) is 24.9 Å². The SMILES string of the molecule is Cc1nc2c(ncn2[C@@H]2O[C@]34CO[P@@](=O)(S)O[C@H]5[C@@H](O)[C@H](c6snc7c(N)ncnc67)O[C@@H]5COP(=O)(O)O[C@@H]2[C@@H]3C4)c(=O)[nH]1. The lowest BCUT2D eigenvalue weighted by Gasteiger charge is -2.28. The molecule has 7 heterocycles. The lowest BCUT2D eigenvalue weighted by molar-refractivity contribution is -0.0910. The highest BCUT2D eigenvalue weighted by molar-refractivity contribution is 8.44. The summed E-state index contributed by atoms with van der Waals surface area (Å²) in [5.74, 6) is -0.0766. The Hall–Kier alpha value is -2.39. The van der Waals surface area contributed by atoms with Gasteiger partial charge >= 0.3 is 14.6 Å². The number of hydrogen-bond acceptors (Lipinski definition) is 17. The van der Waals surface area contributed by atoms with Gasteiger partial charge in [0.25, 0.3) is 5.56 Å². The van der Waals surface area contributed by atoms with Crippen LogP contribution in [-0.2, 0) is 36.7 Å². The molecule has 5 N–H and O–H groups in total. The molecule has 2 bridgehead atoms. The largest absolute Gasteiger partial charge is 0.472 e. The average molecular weight is 703 g/mol. The van der Waals surface area contributed by atoms with Crippen LogP contribution < -0.4 is 11.3 Å². The number of phosphoric ester groups is 1. The molecular formula is C22H24N8O11P2S2. The topological polar surface area (TPSA) is 258 Å². The minimum Gasteiger partial charge on any atom is -0.387 e. The zero-order valence-electron chi connectivity index (χ0n) is 22.9. The molecule has 23 heteroatoms. The van der Waals surface area contributed by atoms with Gasteiger partial charge in [-0.15, -0.1) is 0 Å². The molecule has 45 heavy (non-hydrogen) atoms. The van der Waals surface area contributed by atoms with Crippen LogP contribution in [0.4, 0.5) is 5.82 Å². The van der Waals surface area contributed by atoms with Crippen LogP contribution in [0.15, 0.2) is 17.4 Å². The van der Waals surface area contributed by atoms with Crippen LogP contribution in [0.1, 0.15) is 29.5 Å². The van der Waals surface area contributed by atoms with Gasteiger partial charge in [-0.1, -0.05) is 12.2 Å². The monoisotopic (exact) mass is 702 g/mol. The number of aliphatic hydroxyl groups is 1. The summed E-state index contributed by atoms with van der Waals surface area (Å²) in [5, 5.41) is 11.3. The Morgan fingerprint density at radius 3 is 2.82 bits per heavy atom. The predicted molar refractivity (Wildman–Crippen MR) is 155 cm³/mol. The van der Waals surface area contributed by atoms with Gasteiger partial charge < -0.3 is 30.2 Å². The second-order valence-electron chi connectivity index (χ2n) is 11.1. The molecule has 19 nitrogen and oxygen atoms in total. The molecule has 4 aliphatic rings. The maximum atomic E-state index is 13.5. The summed E-state index contributed by atoms with van der Waals surface area (Å²) in [7, 11) is -4.85. The summed E-state index contributed by atoms with van der Waals surface area (Å²) in [4.78, 5) is 42.8. The Labute approximate surface area is 260 Å². The second-order valence-corrected chi connectivity index (χ2v) is 16.2. The number of ether oxygens (including phenoxy) is 2. The lowest BCUT2D eigenvalue weighted by atomic mass is 10.1. The van der Waals surface area contributed by atoms with Crippen molar-refractivity contribution in [1.29, 1.82) is 0 Å². The number of aromatic nitrogens is 7. The second kappa shape index (κ2) is 10.3. The van der Waals surface area contributed by atoms with Gasteiger partial charge in [-0.3, -0.25) is 27.5 Å². The van der Waals surface area contributed by atoms with E-state index >= 15 is 0 Å². The van der Waals surface area contributed by atoms with Gasteiger partial charge in [0.15, 0.2) is 23.2 Å². The summed E-state index contributed by atoms with van der Waals surface area (Å²) in [5.41, 5.74) is 5.12. The fourth-order valence-electron chi connectivity index (χ4n) is 6.07. The molecule has 0 spiro atoms. The first-order valence-electron chi connectivity index (χ1n) is 13.5. The molecular weight excluding hydrogens is 678 g/mol. The summed E-state index contributed by atoms with van der Waals surface area (Å²) in [6, 6.07) is 0. The molecule has 3 aliphatic heterocycles. The maximum Gasteiger partial charge on any atom is 0.472 e. The number of aryl methyl sites for hydroxylation is 1. The summed E-state index contributed by atoms with van der Waals surface area (Å²) in [6.45, 7) is -3.57. The highest BCUT2D eigenvalue weighted by Gasteiger charge is 2.70. The smallest absolute Gasteiger partial charge is 0.387 e. The Kier molecular flexibility index (Phi) is 6.86. The van der Waals surface area contributed by atoms with Crippen molar-refractivity contribution in [3.8, 4) is 0 Å². The van der Waals surface area contributed by atoms with Crippen LogP contribution in [0.2, 0.25) is 0 Å². The van der Waals surface area contributed by atoms with Crippen LogP contribution in [0.3, 0.4) is 0 Å². The van der Waals surface area contributed by atoms with Gasteiger partial charge in [-0.25, -0.2) is 29.1 Å². The molecule has 1 aliphatic carbocycles. The number of nitrogens with zero attached hydrogens (tertiary/aromatic N) is 6. The van der Waals surface area contributed by atoms with E-state index in [9.17, 15) is 23.9 Å². The fourth-order valence-corrected chi connectivity index (χ4v) is 9.44. The first-order chi connectivity index (χ1) is 21.3. The van der Waals surface area contributed by atoms with E-state index in [1.807, 2.05) is 0 Å². The van der Waals surface area contributed by atoms with Crippen molar-refractivity contribution in [3.63, 3.8) is 0 Å². The molecule has 0 amide bonds. The normalized spacial score (nSPS) is 40.0. The number of anilines is 1. The molecule has 0 aromatic carbocycles. The number of imidazole rings is 1. The summed E-state index contributed by atoms with van der Waals surface area (Å²) >= 11 is 5.10. The number of nitrogens with two attached hydrogens (primary N) is 1. The number of nitrogen functional groups attached to an aromatic ring is 1. The number of phosphoric acid groups is 1. The number of aliphatic hydroxyl groups excluding tert-OH is 1. The van der Waals surface area contributed by atoms with E-state index in [1.54, 1.807) is 6.92 Å². The van der Waals surface area contributed by atoms with Gasteiger partial charge in [-0.2, -0.15) is 4.37 Å². The van der Waals surface area contributed by atoms with Crippen molar-refractivity contribution in [2.75, 3.05) is 18.9 Å². The number of fused-ring (bicyclic) bond motifs is 3. The quantitative estimate of drug-likeness (QED) is 0.145. The van der Waals surface area contributed by atoms with E-state index in [-0.39, 0.29) is 23.6 Å². The molecule has 8 rings (SSSR count). The number of rotatable bonds is 2. The van der Waals surface area contributed by atoms with Crippen molar-refractivity contribution in [1.82, 2.24) is 33.9 Å². The molecule has 0 radical (unpaired) electrons. The van der Waals surface area contributed by atoms with Crippen LogP contribution in [0.5, 0.6) is 0 Å². The molecule has 240 valence electrons. The maximum absolute atomic E-state index is 13.5. The first-order valence-corrected chi connectivity index (χ1v) is 18.4. The van der Waals surface area contributed by atoms with E-state index in [0.717, 1.165) is 11.5 Å². The highest BCUT2D eigenvalue weighted by Crippen LogP contribution is 2.67. The van der Waals surface area contributed by atoms with Crippen LogP contribution in [0.25, 0.3) is 22.2 Å². The fraction of sp³-hybridized carbons (Fsp3) is 0.545. The standard InChI is InChI=1S/C22H24N8O11P2S2/c1-7-27-19-12(20(32)28-7)26-6-30(19)21-14-8-2-22(8,39-21)4-37-43(35,44)41-15-9(3-36-42(33,34)40-14)38-16(13(15)31)17-10-11(29-45-17)18(23)25-5-24-10/h5-6,8-9,13-16,21,31H,2-4H2,1H3,(H,33,34)(H,35,44)(H2,23,24,25)(H,27,28,32)/t8-,9+,13+,14+,15+,16+,21+,22+,43+/m0/s1. The van der Waals surface area contributed by atoms with Gasteiger partial charge in [0.05, 0.1) is 24.4 Å². The molecule has 3 saturated heterocycles. The number of thiol groups is 1. The van der Waals surface area contributed by atoms with Crippen LogP contribution in [-0.4, -0.2) is 87.1 Å². The highest BCUT2D eigenvalue weighted by atomic mass is 32.7. The number of hydrogen-bond donors (Lipinski definition) is 5. The zero-order valence-corrected chi connectivity index (χ0v) is 26.4. The molecule has 4 fully saturated rings. The van der Waals surface area contributed by atoms with Gasteiger partial charge in [0, 0.05) is 5.92 Å². The van der Waals surface area contributed by atoms with Gasteiger partial charge in [0.2, 0.25) is 0 Å². The first kappa shape index (κ1) is 30.0. The number of H-pyrrole nitrogens is 1.